The van der Waals surface area contributed by atoms with Gasteiger partial charge in [0, 0.05) is 0 Å². The van der Waals surface area contributed by atoms with E-state index in [1.54, 1.807) is 0 Å². The Morgan fingerprint density at radius 3 is 2.21 bits per heavy atom. The fourth-order valence-electron chi connectivity index (χ4n) is 1.86. The molecule has 1 atom stereocenters. The van der Waals surface area contributed by atoms with Crippen LogP contribution in [-0.4, -0.2) is 18.3 Å². The van der Waals surface area contributed by atoms with E-state index in [-0.39, 0.29) is 13.2 Å². The third-order valence-electron chi connectivity index (χ3n) is 2.81. The number of benzene rings is 2. The second-order valence-electron chi connectivity index (χ2n) is 4.09. The number of aliphatic hydroxyl groups is 1. The Balaban J connectivity index is 2.16. The van der Waals surface area contributed by atoms with Crippen molar-refractivity contribution in [1.29, 1.82) is 5.26 Å². The van der Waals surface area contributed by atoms with Gasteiger partial charge in [-0.3, -0.25) is 0 Å². The molecule has 0 saturated heterocycles. The fraction of sp³-hybridized carbons (Fsp3) is 0.188. The summed E-state index contributed by atoms with van der Waals surface area (Å²) in [4.78, 5) is 0. The number of hydrogen-bond acceptors (Lipinski definition) is 3. The third kappa shape index (κ3) is 3.41. The summed E-state index contributed by atoms with van der Waals surface area (Å²) in [6.45, 7) is 0.0823. The maximum Gasteiger partial charge on any atom is 0.169 e. The van der Waals surface area contributed by atoms with Crippen LogP contribution >= 0.6 is 0 Å². The van der Waals surface area contributed by atoms with Crippen molar-refractivity contribution in [3.05, 3.63) is 60.2 Å². The zero-order valence-electron chi connectivity index (χ0n) is 10.5. The summed E-state index contributed by atoms with van der Waals surface area (Å²) in [5, 5.41) is 17.8. The Bertz CT molecular complexity index is 543. The summed E-state index contributed by atoms with van der Waals surface area (Å²) >= 11 is 0. The molecule has 0 aliphatic heterocycles. The minimum Gasteiger partial charge on any atom is -0.394 e. The highest BCUT2D eigenvalue weighted by atomic mass is 16.5. The van der Waals surface area contributed by atoms with Gasteiger partial charge in [-0.1, -0.05) is 54.6 Å². The number of rotatable bonds is 5. The molecule has 0 fully saturated rings. The fourth-order valence-corrected chi connectivity index (χ4v) is 1.86. The summed E-state index contributed by atoms with van der Waals surface area (Å²) in [6, 6.07) is 19.8. The molecule has 0 aromatic heterocycles. The SMILES string of the molecule is N#CC(OCCO)c1ccc(-c2ccccc2)cc1. The molecule has 19 heavy (non-hydrogen) atoms. The molecule has 1 N–H and O–H groups in total. The van der Waals surface area contributed by atoms with E-state index in [1.807, 2.05) is 54.6 Å². The van der Waals surface area contributed by atoms with Crippen LogP contribution in [0.15, 0.2) is 54.6 Å². The summed E-state index contributed by atoms with van der Waals surface area (Å²) in [6.07, 6.45) is -0.628. The second-order valence-corrected chi connectivity index (χ2v) is 4.09. The zero-order valence-corrected chi connectivity index (χ0v) is 10.5. The van der Waals surface area contributed by atoms with Crippen molar-refractivity contribution in [1.82, 2.24) is 0 Å². The predicted molar refractivity (Wildman–Crippen MR) is 73.3 cm³/mol. The molecule has 0 heterocycles. The number of ether oxygens (including phenoxy) is 1. The molecule has 0 aliphatic rings. The second kappa shape index (κ2) is 6.69. The average Bonchev–Trinajstić information content (AvgIpc) is 2.49. The molecule has 0 bridgehead atoms. The van der Waals surface area contributed by atoms with Crippen molar-refractivity contribution in [2.75, 3.05) is 13.2 Å². The lowest BCUT2D eigenvalue weighted by Gasteiger charge is -2.10. The van der Waals surface area contributed by atoms with Gasteiger partial charge in [0.2, 0.25) is 0 Å². The van der Waals surface area contributed by atoms with Crippen LogP contribution in [-0.2, 0) is 4.74 Å². The van der Waals surface area contributed by atoms with E-state index in [4.69, 9.17) is 15.1 Å². The summed E-state index contributed by atoms with van der Waals surface area (Å²) in [7, 11) is 0. The van der Waals surface area contributed by atoms with Crippen molar-refractivity contribution >= 4 is 0 Å². The Labute approximate surface area is 112 Å². The van der Waals surface area contributed by atoms with Gasteiger partial charge in [0.1, 0.15) is 0 Å². The van der Waals surface area contributed by atoms with E-state index in [1.165, 1.54) is 0 Å². The topological polar surface area (TPSA) is 53.2 Å². The molecular formula is C16H15NO2. The van der Waals surface area contributed by atoms with E-state index >= 15 is 0 Å². The van der Waals surface area contributed by atoms with Crippen molar-refractivity contribution in [3.8, 4) is 17.2 Å². The first-order valence-electron chi connectivity index (χ1n) is 6.12. The molecule has 1 unspecified atom stereocenters. The molecule has 0 aliphatic carbocycles. The lowest BCUT2D eigenvalue weighted by atomic mass is 10.0. The van der Waals surface area contributed by atoms with Crippen LogP contribution in [0.25, 0.3) is 11.1 Å². The minimum absolute atomic E-state index is 0.0831. The van der Waals surface area contributed by atoms with Crippen molar-refractivity contribution in [2.45, 2.75) is 6.10 Å². The van der Waals surface area contributed by atoms with Crippen LogP contribution in [0.1, 0.15) is 11.7 Å². The highest BCUT2D eigenvalue weighted by molar-refractivity contribution is 5.63. The normalized spacial score (nSPS) is 11.8. The summed E-state index contributed by atoms with van der Waals surface area (Å²) in [5.41, 5.74) is 3.04. The van der Waals surface area contributed by atoms with Gasteiger partial charge in [-0.05, 0) is 16.7 Å². The summed E-state index contributed by atoms with van der Waals surface area (Å²) < 4.78 is 5.26. The highest BCUT2D eigenvalue weighted by Gasteiger charge is 2.10. The number of aliphatic hydroxyl groups excluding tert-OH is 1. The van der Waals surface area contributed by atoms with Crippen LogP contribution in [0.2, 0.25) is 0 Å². The van der Waals surface area contributed by atoms with E-state index in [0.717, 1.165) is 16.7 Å². The monoisotopic (exact) mass is 253 g/mol. The number of nitriles is 1. The first-order chi connectivity index (χ1) is 9.35. The predicted octanol–water partition coefficient (Wildman–Crippen LogP) is 2.93. The molecule has 0 saturated carbocycles. The van der Waals surface area contributed by atoms with E-state index in [0.29, 0.717) is 0 Å². The third-order valence-corrected chi connectivity index (χ3v) is 2.81. The zero-order chi connectivity index (χ0) is 13.5. The van der Waals surface area contributed by atoms with Crippen molar-refractivity contribution in [3.63, 3.8) is 0 Å². The van der Waals surface area contributed by atoms with Gasteiger partial charge in [-0.25, -0.2) is 0 Å². The quantitative estimate of drug-likeness (QED) is 0.891. The molecule has 0 amide bonds. The van der Waals surface area contributed by atoms with Gasteiger partial charge < -0.3 is 9.84 Å². The van der Waals surface area contributed by atoms with Crippen LogP contribution in [0.5, 0.6) is 0 Å². The number of nitrogens with zero attached hydrogens (tertiary/aromatic N) is 1. The van der Waals surface area contributed by atoms with Gasteiger partial charge in [-0.15, -0.1) is 0 Å². The molecule has 3 heteroatoms. The molecule has 2 aromatic rings. The van der Waals surface area contributed by atoms with Crippen LogP contribution in [0.3, 0.4) is 0 Å². The van der Waals surface area contributed by atoms with E-state index < -0.39 is 6.10 Å². The minimum atomic E-state index is -0.628. The van der Waals surface area contributed by atoms with Crippen molar-refractivity contribution in [2.24, 2.45) is 0 Å². The molecule has 3 nitrogen and oxygen atoms in total. The molecule has 96 valence electrons. The van der Waals surface area contributed by atoms with Crippen molar-refractivity contribution < 1.29 is 9.84 Å². The van der Waals surface area contributed by atoms with Gasteiger partial charge >= 0.3 is 0 Å². The van der Waals surface area contributed by atoms with Gasteiger partial charge in [0.15, 0.2) is 6.10 Å². The van der Waals surface area contributed by atoms with Crippen LogP contribution < -0.4 is 0 Å². The summed E-state index contributed by atoms with van der Waals surface area (Å²) in [5.74, 6) is 0. The van der Waals surface area contributed by atoms with Gasteiger partial charge in [-0.2, -0.15) is 5.26 Å². The van der Waals surface area contributed by atoms with E-state index in [2.05, 4.69) is 6.07 Å². The maximum atomic E-state index is 9.04. The number of hydrogen-bond donors (Lipinski definition) is 1. The first kappa shape index (κ1) is 13.3. The molecule has 2 rings (SSSR count). The largest absolute Gasteiger partial charge is 0.394 e. The lowest BCUT2D eigenvalue weighted by Crippen LogP contribution is -2.05. The van der Waals surface area contributed by atoms with Gasteiger partial charge in [0.25, 0.3) is 0 Å². The van der Waals surface area contributed by atoms with Crippen LogP contribution in [0.4, 0.5) is 0 Å². The Hall–Kier alpha value is -2.15. The highest BCUT2D eigenvalue weighted by Crippen LogP contribution is 2.23. The lowest BCUT2D eigenvalue weighted by molar-refractivity contribution is 0.0581. The molecule has 2 aromatic carbocycles. The Kier molecular flexibility index (Phi) is 4.68. The Morgan fingerprint density at radius 1 is 1.00 bits per heavy atom. The molecular weight excluding hydrogens is 238 g/mol. The average molecular weight is 253 g/mol. The first-order valence-corrected chi connectivity index (χ1v) is 6.12. The molecule has 0 radical (unpaired) electrons. The Morgan fingerprint density at radius 2 is 1.63 bits per heavy atom. The smallest absolute Gasteiger partial charge is 0.169 e. The maximum absolute atomic E-state index is 9.04. The standard InChI is InChI=1S/C16H15NO2/c17-12-16(19-11-10-18)15-8-6-14(7-9-15)13-4-2-1-3-5-13/h1-9,16,18H,10-11H2. The van der Waals surface area contributed by atoms with Gasteiger partial charge in [0.05, 0.1) is 19.3 Å². The molecule has 0 spiro atoms. The van der Waals surface area contributed by atoms with Crippen LogP contribution in [0, 0.1) is 11.3 Å². The van der Waals surface area contributed by atoms with E-state index in [9.17, 15) is 0 Å².